The number of hydrogen-bond acceptors (Lipinski definition) is 7. The molecule has 0 aliphatic rings. The van der Waals surface area contributed by atoms with Crippen molar-refractivity contribution in [2.45, 2.75) is 28.3 Å². The molecule has 0 bridgehead atoms. The Morgan fingerprint density at radius 1 is 1.30 bits per heavy atom. The van der Waals surface area contributed by atoms with E-state index in [1.54, 1.807) is 0 Å². The van der Waals surface area contributed by atoms with E-state index in [-0.39, 0.29) is 38.1 Å². The lowest BCUT2D eigenvalue weighted by molar-refractivity contribution is -0.142. The van der Waals surface area contributed by atoms with Crippen LogP contribution in [0, 0.1) is 4.71 Å². The van der Waals surface area contributed by atoms with E-state index in [1.165, 1.54) is 12.1 Å². The molecule has 12 heteroatoms. The van der Waals surface area contributed by atoms with Gasteiger partial charge in [0, 0.05) is 22.1 Å². The Hall–Kier alpha value is -0.860. The highest BCUT2D eigenvalue weighted by Gasteiger charge is 2.31. The second kappa shape index (κ2) is 10.6. The van der Waals surface area contributed by atoms with Gasteiger partial charge in [-0.25, -0.2) is 8.42 Å². The molecule has 1 aromatic carbocycles. The van der Waals surface area contributed by atoms with Crippen LogP contribution in [0.25, 0.3) is 11.0 Å². The van der Waals surface area contributed by atoms with Crippen molar-refractivity contribution in [3.05, 3.63) is 34.5 Å². The largest absolute Gasteiger partial charge is 0.464 e. The molecule has 0 fully saturated rings. The van der Waals surface area contributed by atoms with E-state index in [0.717, 1.165) is 23.9 Å². The fourth-order valence-electron chi connectivity index (χ4n) is 2.34. The summed E-state index contributed by atoms with van der Waals surface area (Å²) >= 11 is 8.06. The molecule has 1 aromatic heterocycles. The highest BCUT2D eigenvalue weighted by molar-refractivity contribution is 14.1. The van der Waals surface area contributed by atoms with Crippen molar-refractivity contribution >= 4 is 73.3 Å². The number of thioether (sulfide) groups is 1. The average molecular weight is 594 g/mol. The van der Waals surface area contributed by atoms with Gasteiger partial charge in [0.25, 0.3) is 0 Å². The Bertz CT molecular complexity index is 1070. The van der Waals surface area contributed by atoms with Crippen LogP contribution in [0.2, 0.25) is 0 Å². The molecular weight excluding hydrogens is 576 g/mol. The van der Waals surface area contributed by atoms with Crippen LogP contribution in [-0.4, -0.2) is 42.2 Å². The molecule has 0 aliphatic carbocycles. The zero-order valence-electron chi connectivity index (χ0n) is 15.7. The second-order valence-corrected chi connectivity index (χ2v) is 11.5. The third-order valence-electron chi connectivity index (χ3n) is 3.94. The van der Waals surface area contributed by atoms with Crippen LogP contribution in [0.1, 0.15) is 18.9 Å². The molecule has 166 valence electrons. The molecule has 0 radical (unpaired) electrons. The highest BCUT2D eigenvalue weighted by atomic mass is 127. The first-order valence-corrected chi connectivity index (χ1v) is 13.2. The molecule has 0 amide bonds. The van der Waals surface area contributed by atoms with Crippen LogP contribution in [0.3, 0.4) is 0 Å². The topological polar surface area (TPSA) is 73.6 Å². The van der Waals surface area contributed by atoms with Crippen molar-refractivity contribution in [2.75, 3.05) is 23.9 Å². The van der Waals surface area contributed by atoms with E-state index in [9.17, 15) is 26.4 Å². The molecule has 2 rings (SSSR count). The summed E-state index contributed by atoms with van der Waals surface area (Å²) in [5, 5.41) is 0.417. The summed E-state index contributed by atoms with van der Waals surface area (Å²) in [6, 6.07) is 4.57. The van der Waals surface area contributed by atoms with E-state index >= 15 is 0 Å². The summed E-state index contributed by atoms with van der Waals surface area (Å²) in [6.45, 7) is 1.61. The van der Waals surface area contributed by atoms with Gasteiger partial charge >= 0.3 is 12.1 Å². The maximum atomic E-state index is 12.9. The quantitative estimate of drug-likeness (QED) is 0.126. The number of sulfone groups is 1. The molecule has 0 saturated carbocycles. The molecule has 0 spiro atoms. The average Bonchev–Trinajstić information content (AvgIpc) is 2.65. The summed E-state index contributed by atoms with van der Waals surface area (Å²) in [5.74, 6) is -0.760. The van der Waals surface area contributed by atoms with Crippen molar-refractivity contribution in [3.63, 3.8) is 0 Å². The number of hydrogen-bond donors (Lipinski definition) is 0. The number of ether oxygens (including phenoxy) is 1. The Morgan fingerprint density at radius 2 is 2.00 bits per heavy atom. The van der Waals surface area contributed by atoms with Crippen molar-refractivity contribution in [2.24, 2.45) is 0 Å². The summed E-state index contributed by atoms with van der Waals surface area (Å²) in [6.07, 6.45) is -3.92. The van der Waals surface area contributed by atoms with Crippen molar-refractivity contribution in [1.29, 1.82) is 0 Å². The Balaban J connectivity index is 2.01. The maximum Gasteiger partial charge on any atom is 0.416 e. The van der Waals surface area contributed by atoms with E-state index in [0.29, 0.717) is 16.7 Å². The van der Waals surface area contributed by atoms with E-state index < -0.39 is 27.5 Å². The molecule has 5 nitrogen and oxygen atoms in total. The van der Waals surface area contributed by atoms with Crippen molar-refractivity contribution < 1.29 is 35.5 Å². The number of fused-ring (bicyclic) bond motifs is 1. The lowest BCUT2D eigenvalue weighted by Gasteiger charge is -2.10. The van der Waals surface area contributed by atoms with Crippen LogP contribution in [0.5, 0.6) is 0 Å². The van der Waals surface area contributed by atoms with Crippen LogP contribution in [0.15, 0.2) is 33.6 Å². The fourth-order valence-corrected chi connectivity index (χ4v) is 5.42. The summed E-state index contributed by atoms with van der Waals surface area (Å²) < 4.78 is 72.9. The van der Waals surface area contributed by atoms with Gasteiger partial charge in [0.05, 0.1) is 17.1 Å². The first-order valence-electron chi connectivity index (χ1n) is 8.72. The van der Waals surface area contributed by atoms with E-state index in [4.69, 9.17) is 21.4 Å². The van der Waals surface area contributed by atoms with Crippen LogP contribution in [-0.2, 0) is 25.5 Å². The van der Waals surface area contributed by atoms with Gasteiger partial charge < -0.3 is 9.15 Å². The number of alkyl halides is 4. The van der Waals surface area contributed by atoms with Crippen LogP contribution in [0.4, 0.5) is 13.2 Å². The maximum absolute atomic E-state index is 12.9. The third-order valence-corrected chi connectivity index (χ3v) is 8.46. The molecule has 0 N–H and O–H groups in total. The minimum Gasteiger partial charge on any atom is -0.464 e. The summed E-state index contributed by atoms with van der Waals surface area (Å²) in [7, 11) is -3.47. The van der Waals surface area contributed by atoms with Crippen LogP contribution < -0.4 is 0 Å². The number of benzene rings is 1. The van der Waals surface area contributed by atoms with Gasteiger partial charge in [-0.3, -0.25) is 4.79 Å². The monoisotopic (exact) mass is 594 g/mol. The molecular formula is C18H18F3IO5S3. The Morgan fingerprint density at radius 3 is 2.63 bits per heavy atom. The first-order chi connectivity index (χ1) is 13.9. The molecule has 30 heavy (non-hydrogen) atoms. The predicted molar refractivity (Wildman–Crippen MR) is 120 cm³/mol. The number of carbonyl (C=O) groups is 1. The van der Waals surface area contributed by atoms with Gasteiger partial charge in [-0.15, -0.1) is 11.8 Å². The van der Waals surface area contributed by atoms with Gasteiger partial charge in [0.1, 0.15) is 16.1 Å². The summed E-state index contributed by atoms with van der Waals surface area (Å²) in [4.78, 5) is 12.1. The Kier molecular flexibility index (Phi) is 9.01. The summed E-state index contributed by atoms with van der Waals surface area (Å²) in [5.41, 5.74) is -0.872. The minimum atomic E-state index is -4.51. The Labute approximate surface area is 194 Å². The van der Waals surface area contributed by atoms with Gasteiger partial charge in [0.15, 0.2) is 14.5 Å². The molecule has 1 heterocycles. The number of halogens is 4. The number of esters is 1. The van der Waals surface area contributed by atoms with Gasteiger partial charge in [-0.2, -0.15) is 13.2 Å². The van der Waals surface area contributed by atoms with E-state index in [1.807, 2.05) is 29.5 Å². The number of carbonyl (C=O) groups excluding carboxylic acids is 1. The first kappa shape index (κ1) is 25.4. The second-order valence-electron chi connectivity index (χ2n) is 6.18. The lowest BCUT2D eigenvalue weighted by atomic mass is 10.1. The van der Waals surface area contributed by atoms with Gasteiger partial charge in [-0.1, -0.05) is 29.5 Å². The molecule has 2 aromatic rings. The van der Waals surface area contributed by atoms with Gasteiger partial charge in [-0.05, 0) is 36.8 Å². The number of rotatable bonds is 9. The third kappa shape index (κ3) is 7.38. The normalized spacial score (nSPS) is 13.4. The fraction of sp³-hybridized carbons (Fsp3) is 0.444. The smallest absolute Gasteiger partial charge is 0.416 e. The van der Waals surface area contributed by atoms with Crippen molar-refractivity contribution in [3.8, 4) is 0 Å². The molecule has 1 unspecified atom stereocenters. The van der Waals surface area contributed by atoms with Crippen molar-refractivity contribution in [1.82, 2.24) is 0 Å². The SMILES string of the molecule is CCC(I)C(=O)OCCS(=O)(=O)CCSc1cc(=S)oc2cc(C(F)(F)F)ccc12. The van der Waals surface area contributed by atoms with E-state index in [2.05, 4.69) is 0 Å². The molecule has 0 aliphatic heterocycles. The molecule has 1 atom stereocenters. The van der Waals surface area contributed by atoms with Gasteiger partial charge in [0.2, 0.25) is 0 Å². The van der Waals surface area contributed by atoms with Crippen LogP contribution >= 0.6 is 46.6 Å². The lowest BCUT2D eigenvalue weighted by Crippen LogP contribution is -2.22. The standard InChI is InChI=1S/C18H18F3IO5S3/c1-2-13(22)17(23)26-5-7-30(24,25)8-6-29-15-10-16(28)27-14-9-11(18(19,20)21)3-4-12(14)15/h3-4,9-10,13H,2,5-8H2,1H3. The minimum absolute atomic E-state index is 0.00312. The predicted octanol–water partition coefficient (Wildman–Crippen LogP) is 5.44. The highest BCUT2D eigenvalue weighted by Crippen LogP contribution is 2.34. The molecule has 0 saturated heterocycles. The zero-order chi connectivity index (χ0) is 22.5. The zero-order valence-corrected chi connectivity index (χ0v) is 20.3.